The lowest BCUT2D eigenvalue weighted by molar-refractivity contribution is -0.139. The van der Waals surface area contributed by atoms with Crippen molar-refractivity contribution >= 4 is 12.1 Å². The summed E-state index contributed by atoms with van der Waals surface area (Å²) in [5.41, 5.74) is 0.117. The van der Waals surface area contributed by atoms with Crippen molar-refractivity contribution in [1.29, 1.82) is 0 Å². The summed E-state index contributed by atoms with van der Waals surface area (Å²) in [6, 6.07) is 6.29. The van der Waals surface area contributed by atoms with E-state index in [1.165, 1.54) is 12.8 Å². The van der Waals surface area contributed by atoms with Gasteiger partial charge in [-0.25, -0.2) is 9.59 Å². The van der Waals surface area contributed by atoms with Crippen LogP contribution in [0, 0.1) is 11.8 Å². The van der Waals surface area contributed by atoms with Crippen LogP contribution >= 0.6 is 0 Å². The number of carboxylic acids is 1. The number of rotatable bonds is 9. The number of hydrogen-bond donors (Lipinski definition) is 3. The second kappa shape index (κ2) is 11.2. The van der Waals surface area contributed by atoms with Gasteiger partial charge in [0.1, 0.15) is 17.4 Å². The number of amides is 1. The van der Waals surface area contributed by atoms with E-state index in [-0.39, 0.29) is 6.42 Å². The van der Waals surface area contributed by atoms with Crippen LogP contribution in [0.4, 0.5) is 4.79 Å². The molecule has 1 aromatic rings. The Morgan fingerprint density at radius 3 is 2.40 bits per heavy atom. The highest BCUT2D eigenvalue weighted by atomic mass is 16.6. The Morgan fingerprint density at radius 1 is 1.20 bits per heavy atom. The molecule has 0 aromatic heterocycles. The minimum Gasteiger partial charge on any atom is -0.494 e. The van der Waals surface area contributed by atoms with E-state index in [0.717, 1.165) is 36.7 Å². The molecule has 1 heterocycles. The fourth-order valence-corrected chi connectivity index (χ4v) is 3.62. The Bertz CT molecular complexity index is 678. The van der Waals surface area contributed by atoms with Gasteiger partial charge in [0.2, 0.25) is 0 Å². The van der Waals surface area contributed by atoms with Gasteiger partial charge in [-0.05, 0) is 82.7 Å². The summed E-state index contributed by atoms with van der Waals surface area (Å²) < 4.78 is 11.0. The highest BCUT2D eigenvalue weighted by molar-refractivity contribution is 5.80. The number of carbonyl (C=O) groups excluding carboxylic acids is 1. The smallest absolute Gasteiger partial charge is 0.408 e. The number of aliphatic carboxylic acids is 1. The fourth-order valence-electron chi connectivity index (χ4n) is 3.62. The molecule has 0 radical (unpaired) electrons. The number of ether oxygens (including phenoxy) is 2. The Balaban J connectivity index is 1.80. The summed E-state index contributed by atoms with van der Waals surface area (Å²) in [6.45, 7) is 10.4. The fraction of sp³-hybridized carbons (Fsp3) is 0.652. The van der Waals surface area contributed by atoms with E-state index in [0.29, 0.717) is 12.5 Å². The molecule has 168 valence electrons. The molecule has 0 saturated carbocycles. The third-order valence-electron chi connectivity index (χ3n) is 5.38. The lowest BCUT2D eigenvalue weighted by Crippen LogP contribution is -2.44. The zero-order valence-electron chi connectivity index (χ0n) is 18.6. The molecule has 1 saturated heterocycles. The van der Waals surface area contributed by atoms with Crippen LogP contribution in [0.3, 0.4) is 0 Å². The molecule has 1 unspecified atom stereocenters. The highest BCUT2D eigenvalue weighted by Gasteiger charge is 2.24. The van der Waals surface area contributed by atoms with Crippen molar-refractivity contribution in [2.24, 2.45) is 11.8 Å². The predicted molar refractivity (Wildman–Crippen MR) is 116 cm³/mol. The normalized spacial score (nSPS) is 17.1. The minimum atomic E-state index is -1.10. The number of benzene rings is 1. The maximum absolute atomic E-state index is 11.9. The van der Waals surface area contributed by atoms with Crippen LogP contribution in [0.25, 0.3) is 0 Å². The van der Waals surface area contributed by atoms with E-state index < -0.39 is 23.7 Å². The lowest BCUT2D eigenvalue weighted by atomic mass is 9.84. The van der Waals surface area contributed by atoms with Crippen molar-refractivity contribution in [1.82, 2.24) is 10.6 Å². The first-order valence-corrected chi connectivity index (χ1v) is 10.8. The third-order valence-corrected chi connectivity index (χ3v) is 5.38. The summed E-state index contributed by atoms with van der Waals surface area (Å²) in [7, 11) is 0. The molecule has 30 heavy (non-hydrogen) atoms. The zero-order chi connectivity index (χ0) is 22.1. The SMILES string of the molecule is C[C@H](CCOc1ccc(CC(NC(=O)OC(C)(C)C)C(=O)O)cc1)C1CCNCC1. The van der Waals surface area contributed by atoms with Crippen molar-refractivity contribution in [3.05, 3.63) is 29.8 Å². The predicted octanol–water partition coefficient (Wildman–Crippen LogP) is 3.61. The van der Waals surface area contributed by atoms with E-state index in [1.54, 1.807) is 20.8 Å². The largest absolute Gasteiger partial charge is 0.494 e. The van der Waals surface area contributed by atoms with Crippen LogP contribution in [-0.2, 0) is 16.0 Å². The van der Waals surface area contributed by atoms with E-state index in [2.05, 4.69) is 17.6 Å². The summed E-state index contributed by atoms with van der Waals surface area (Å²) in [4.78, 5) is 23.4. The number of piperidine rings is 1. The Morgan fingerprint density at radius 2 is 1.83 bits per heavy atom. The van der Waals surface area contributed by atoms with E-state index in [4.69, 9.17) is 9.47 Å². The summed E-state index contributed by atoms with van der Waals surface area (Å²) in [5, 5.41) is 15.2. The van der Waals surface area contributed by atoms with Crippen LogP contribution in [0.5, 0.6) is 5.75 Å². The molecule has 1 fully saturated rings. The molecule has 1 aliphatic rings. The van der Waals surface area contributed by atoms with Gasteiger partial charge in [0.15, 0.2) is 0 Å². The summed E-state index contributed by atoms with van der Waals surface area (Å²) in [6.07, 6.45) is 2.92. The minimum absolute atomic E-state index is 0.168. The van der Waals surface area contributed by atoms with Gasteiger partial charge in [0.05, 0.1) is 6.61 Å². The number of carbonyl (C=O) groups is 2. The molecule has 0 aliphatic carbocycles. The summed E-state index contributed by atoms with van der Waals surface area (Å²) in [5.74, 6) is 1.07. The molecule has 1 amide bonds. The van der Waals surface area contributed by atoms with Gasteiger partial charge in [-0.3, -0.25) is 0 Å². The second-order valence-electron chi connectivity index (χ2n) is 9.09. The molecule has 2 rings (SSSR count). The lowest BCUT2D eigenvalue weighted by Gasteiger charge is -2.28. The molecule has 1 aromatic carbocycles. The third kappa shape index (κ3) is 8.61. The highest BCUT2D eigenvalue weighted by Crippen LogP contribution is 2.24. The molecule has 2 atom stereocenters. The Hall–Kier alpha value is -2.28. The first-order chi connectivity index (χ1) is 14.1. The maximum atomic E-state index is 11.9. The molecule has 1 aliphatic heterocycles. The van der Waals surface area contributed by atoms with E-state index in [1.807, 2.05) is 24.3 Å². The molecule has 7 heteroatoms. The quantitative estimate of drug-likeness (QED) is 0.565. The van der Waals surface area contributed by atoms with Crippen molar-refractivity contribution in [3.8, 4) is 5.75 Å². The van der Waals surface area contributed by atoms with Gasteiger partial charge in [-0.1, -0.05) is 19.1 Å². The van der Waals surface area contributed by atoms with Gasteiger partial charge in [0.25, 0.3) is 0 Å². The Labute approximate surface area is 179 Å². The first-order valence-electron chi connectivity index (χ1n) is 10.8. The average molecular weight is 421 g/mol. The molecule has 0 bridgehead atoms. The maximum Gasteiger partial charge on any atom is 0.408 e. The first kappa shape index (κ1) is 24.0. The van der Waals surface area contributed by atoms with Crippen LogP contribution in [0.2, 0.25) is 0 Å². The standard InChI is InChI=1S/C23H36N2O5/c1-16(18-9-12-24-13-10-18)11-14-29-19-7-5-17(6-8-19)15-20(21(26)27)25-22(28)30-23(2,3)4/h5-8,16,18,20,24H,9-15H2,1-4H3,(H,25,28)(H,26,27)/t16-,20?/m1/s1. The Kier molecular flexibility index (Phi) is 8.96. The van der Waals surface area contributed by atoms with Crippen LogP contribution in [-0.4, -0.2) is 48.5 Å². The average Bonchev–Trinajstić information content (AvgIpc) is 2.68. The monoisotopic (exact) mass is 420 g/mol. The number of nitrogens with one attached hydrogen (secondary N) is 2. The zero-order valence-corrected chi connectivity index (χ0v) is 18.6. The molecule has 7 nitrogen and oxygen atoms in total. The molecule has 0 spiro atoms. The summed E-state index contributed by atoms with van der Waals surface area (Å²) >= 11 is 0. The van der Waals surface area contributed by atoms with Crippen LogP contribution < -0.4 is 15.4 Å². The van der Waals surface area contributed by atoms with Crippen molar-refractivity contribution in [3.63, 3.8) is 0 Å². The van der Waals surface area contributed by atoms with Gasteiger partial charge in [-0.2, -0.15) is 0 Å². The van der Waals surface area contributed by atoms with E-state index in [9.17, 15) is 14.7 Å². The molecular weight excluding hydrogens is 384 g/mol. The van der Waals surface area contributed by atoms with Gasteiger partial charge >= 0.3 is 12.1 Å². The van der Waals surface area contributed by atoms with Crippen molar-refractivity contribution < 1.29 is 24.2 Å². The van der Waals surface area contributed by atoms with Gasteiger partial charge in [0, 0.05) is 6.42 Å². The van der Waals surface area contributed by atoms with Crippen LogP contribution in [0.1, 0.15) is 52.5 Å². The second-order valence-corrected chi connectivity index (χ2v) is 9.09. The number of carboxylic acid groups (broad SMARTS) is 1. The van der Waals surface area contributed by atoms with Crippen LogP contribution in [0.15, 0.2) is 24.3 Å². The van der Waals surface area contributed by atoms with E-state index >= 15 is 0 Å². The number of hydrogen-bond acceptors (Lipinski definition) is 5. The number of alkyl carbamates (subject to hydrolysis) is 1. The molecular formula is C23H36N2O5. The van der Waals surface area contributed by atoms with Gasteiger partial charge < -0.3 is 25.2 Å². The van der Waals surface area contributed by atoms with Crippen molar-refractivity contribution in [2.45, 2.75) is 65.0 Å². The molecule has 3 N–H and O–H groups in total. The topological polar surface area (TPSA) is 96.9 Å². The van der Waals surface area contributed by atoms with Gasteiger partial charge in [-0.15, -0.1) is 0 Å². The van der Waals surface area contributed by atoms with Crippen molar-refractivity contribution in [2.75, 3.05) is 19.7 Å².